The molecule has 29 heavy (non-hydrogen) atoms. The summed E-state index contributed by atoms with van der Waals surface area (Å²) in [6.45, 7) is 3.66. The average Bonchev–Trinajstić information content (AvgIpc) is 2.70. The van der Waals surface area contributed by atoms with E-state index in [4.69, 9.17) is 4.74 Å². The van der Waals surface area contributed by atoms with Crippen molar-refractivity contribution in [1.29, 1.82) is 0 Å². The first-order valence-electron chi connectivity index (χ1n) is 9.32. The molecule has 1 heterocycles. The third-order valence-corrected chi connectivity index (χ3v) is 4.67. The smallest absolute Gasteiger partial charge is 0.366 e. The van der Waals surface area contributed by atoms with Gasteiger partial charge in [0.05, 0.1) is 6.61 Å². The summed E-state index contributed by atoms with van der Waals surface area (Å²) in [6, 6.07) is 15.3. The van der Waals surface area contributed by atoms with Gasteiger partial charge < -0.3 is 9.94 Å². The van der Waals surface area contributed by atoms with E-state index in [2.05, 4.69) is 0 Å². The molecule has 0 saturated heterocycles. The van der Waals surface area contributed by atoms with Crippen molar-refractivity contribution >= 4 is 0 Å². The number of ether oxygens (including phenoxy) is 1. The fourth-order valence-corrected chi connectivity index (χ4v) is 3.23. The van der Waals surface area contributed by atoms with Crippen molar-refractivity contribution < 1.29 is 14.3 Å². The Kier molecular flexibility index (Phi) is 6.29. The molecule has 0 spiro atoms. The van der Waals surface area contributed by atoms with Crippen LogP contribution >= 0.6 is 0 Å². The number of hydrogen-bond donors (Lipinski definition) is 1. The van der Waals surface area contributed by atoms with Gasteiger partial charge in [-0.25, -0.2) is 9.18 Å². The second-order valence-corrected chi connectivity index (χ2v) is 7.11. The molecule has 1 aromatic heterocycles. The van der Waals surface area contributed by atoms with Gasteiger partial charge in [0.1, 0.15) is 12.5 Å². The Balaban J connectivity index is 1.98. The number of benzene rings is 2. The zero-order valence-corrected chi connectivity index (χ0v) is 16.3. The molecular weight excluding hydrogens is 375 g/mol. The van der Waals surface area contributed by atoms with Crippen LogP contribution in [0.4, 0.5) is 4.39 Å². The molecule has 0 aliphatic heterocycles. The van der Waals surface area contributed by atoms with Crippen LogP contribution < -0.4 is 11.2 Å². The van der Waals surface area contributed by atoms with E-state index < -0.39 is 11.2 Å². The molecule has 3 aromatic rings. The molecule has 0 radical (unpaired) electrons. The first-order chi connectivity index (χ1) is 13.9. The van der Waals surface area contributed by atoms with E-state index in [9.17, 15) is 19.2 Å². The van der Waals surface area contributed by atoms with Gasteiger partial charge in [-0.1, -0.05) is 61.0 Å². The average molecular weight is 398 g/mol. The van der Waals surface area contributed by atoms with Crippen LogP contribution in [0, 0.1) is 5.82 Å². The zero-order valence-electron chi connectivity index (χ0n) is 16.3. The van der Waals surface area contributed by atoms with Gasteiger partial charge in [0.2, 0.25) is 0 Å². The summed E-state index contributed by atoms with van der Waals surface area (Å²) in [5.74, 6) is -0.549. The maximum atomic E-state index is 13.0. The Labute approximate surface area is 167 Å². The van der Waals surface area contributed by atoms with Crippen LogP contribution in [0.15, 0.2) is 64.2 Å². The highest BCUT2D eigenvalue weighted by Gasteiger charge is 2.21. The number of halogens is 1. The van der Waals surface area contributed by atoms with E-state index in [1.165, 1.54) is 16.7 Å². The largest absolute Gasteiger partial charge is 0.421 e. The van der Waals surface area contributed by atoms with Gasteiger partial charge in [-0.2, -0.15) is 0 Å². The second-order valence-electron chi connectivity index (χ2n) is 7.11. The SMILES string of the molecule is CC(C)c1c(Cc2ccccc2)n(COCc2ccc(F)cc2)c(=O)n(O)c1=O. The molecule has 0 aliphatic rings. The lowest BCUT2D eigenvalue weighted by molar-refractivity contribution is 0.0498. The monoisotopic (exact) mass is 398 g/mol. The van der Waals surface area contributed by atoms with Crippen LogP contribution in [-0.2, 0) is 24.5 Å². The number of rotatable bonds is 7. The molecule has 0 fully saturated rings. The predicted octanol–water partition coefficient (Wildman–Crippen LogP) is 3.27. The number of aromatic nitrogens is 2. The van der Waals surface area contributed by atoms with Crippen molar-refractivity contribution in [2.45, 2.75) is 39.5 Å². The Bertz CT molecular complexity index is 1090. The highest BCUT2D eigenvalue weighted by Crippen LogP contribution is 2.18. The van der Waals surface area contributed by atoms with Gasteiger partial charge in [0.25, 0.3) is 5.56 Å². The van der Waals surface area contributed by atoms with Crippen LogP contribution in [0.25, 0.3) is 0 Å². The maximum absolute atomic E-state index is 13.0. The van der Waals surface area contributed by atoms with Crippen molar-refractivity contribution in [1.82, 2.24) is 9.30 Å². The maximum Gasteiger partial charge on any atom is 0.366 e. The number of nitrogens with zero attached hydrogens (tertiary/aromatic N) is 2. The van der Waals surface area contributed by atoms with Gasteiger partial charge in [-0.05, 0) is 29.2 Å². The molecule has 2 aromatic carbocycles. The van der Waals surface area contributed by atoms with Crippen LogP contribution in [0.2, 0.25) is 0 Å². The lowest BCUT2D eigenvalue weighted by Gasteiger charge is -2.19. The third kappa shape index (κ3) is 4.63. The lowest BCUT2D eigenvalue weighted by Crippen LogP contribution is -2.43. The van der Waals surface area contributed by atoms with Crippen molar-refractivity contribution in [3.8, 4) is 0 Å². The second kappa shape index (κ2) is 8.87. The summed E-state index contributed by atoms with van der Waals surface area (Å²) >= 11 is 0. The molecule has 0 aliphatic carbocycles. The molecule has 0 unspecified atom stereocenters. The highest BCUT2D eigenvalue weighted by atomic mass is 19.1. The van der Waals surface area contributed by atoms with Crippen LogP contribution in [0.1, 0.15) is 42.1 Å². The Morgan fingerprint density at radius 2 is 1.66 bits per heavy atom. The quantitative estimate of drug-likeness (QED) is 0.620. The van der Waals surface area contributed by atoms with E-state index in [0.717, 1.165) is 11.1 Å². The molecule has 7 heteroatoms. The molecule has 1 N–H and O–H groups in total. The fraction of sp³-hybridized carbons (Fsp3) is 0.273. The summed E-state index contributed by atoms with van der Waals surface area (Å²) in [5, 5.41) is 10.0. The molecule has 152 valence electrons. The van der Waals surface area contributed by atoms with Gasteiger partial charge in [0.15, 0.2) is 0 Å². The Morgan fingerprint density at radius 1 is 1.00 bits per heavy atom. The summed E-state index contributed by atoms with van der Waals surface area (Å²) in [6.07, 6.45) is 0.347. The van der Waals surface area contributed by atoms with Crippen LogP contribution in [0.3, 0.4) is 0 Å². The lowest BCUT2D eigenvalue weighted by atomic mass is 9.98. The standard InChI is InChI=1S/C22H23FN2O4/c1-15(2)20-19(12-16-6-4-3-5-7-16)24(22(27)25(28)21(20)26)14-29-13-17-8-10-18(23)11-9-17/h3-11,15,28H,12-14H2,1-2H3. The summed E-state index contributed by atoms with van der Waals surface area (Å²) < 4.78 is 20.1. The topological polar surface area (TPSA) is 73.5 Å². The summed E-state index contributed by atoms with van der Waals surface area (Å²) in [7, 11) is 0. The minimum Gasteiger partial charge on any atom is -0.421 e. The summed E-state index contributed by atoms with van der Waals surface area (Å²) in [5.41, 5.74) is 0.962. The van der Waals surface area contributed by atoms with Gasteiger partial charge >= 0.3 is 5.69 Å². The van der Waals surface area contributed by atoms with Crippen molar-refractivity contribution in [2.24, 2.45) is 0 Å². The van der Waals surface area contributed by atoms with Gasteiger partial charge in [0, 0.05) is 17.7 Å². The van der Waals surface area contributed by atoms with E-state index in [0.29, 0.717) is 17.7 Å². The molecule has 0 amide bonds. The Hall–Kier alpha value is -3.19. The molecule has 0 bridgehead atoms. The van der Waals surface area contributed by atoms with E-state index in [1.807, 2.05) is 44.2 Å². The first-order valence-corrected chi connectivity index (χ1v) is 9.32. The highest BCUT2D eigenvalue weighted by molar-refractivity contribution is 5.29. The zero-order chi connectivity index (χ0) is 21.0. The number of hydrogen-bond acceptors (Lipinski definition) is 4. The van der Waals surface area contributed by atoms with E-state index in [1.54, 1.807) is 12.1 Å². The predicted molar refractivity (Wildman–Crippen MR) is 107 cm³/mol. The minimum absolute atomic E-state index is 0.130. The molecule has 3 rings (SSSR count). The third-order valence-electron chi connectivity index (χ3n) is 4.67. The molecular formula is C22H23FN2O4. The van der Waals surface area contributed by atoms with E-state index in [-0.39, 0.29) is 29.8 Å². The first kappa shape index (κ1) is 20.5. The molecule has 6 nitrogen and oxygen atoms in total. The Morgan fingerprint density at radius 3 is 2.28 bits per heavy atom. The fourth-order valence-electron chi connectivity index (χ4n) is 3.23. The van der Waals surface area contributed by atoms with Crippen LogP contribution in [-0.4, -0.2) is 14.5 Å². The summed E-state index contributed by atoms with van der Waals surface area (Å²) in [4.78, 5) is 25.2. The van der Waals surface area contributed by atoms with Crippen molar-refractivity contribution in [3.05, 3.63) is 104 Å². The van der Waals surface area contributed by atoms with Crippen molar-refractivity contribution in [2.75, 3.05) is 0 Å². The normalized spacial score (nSPS) is 11.2. The molecule has 0 atom stereocenters. The van der Waals surface area contributed by atoms with Crippen LogP contribution in [0.5, 0.6) is 0 Å². The molecule has 0 saturated carbocycles. The van der Waals surface area contributed by atoms with Gasteiger partial charge in [-0.3, -0.25) is 9.36 Å². The van der Waals surface area contributed by atoms with Crippen molar-refractivity contribution in [3.63, 3.8) is 0 Å². The van der Waals surface area contributed by atoms with Gasteiger partial charge in [-0.15, -0.1) is 0 Å². The minimum atomic E-state index is -0.857. The van der Waals surface area contributed by atoms with E-state index >= 15 is 0 Å².